The lowest BCUT2D eigenvalue weighted by molar-refractivity contribution is -0.137. The third-order valence-electron chi connectivity index (χ3n) is 4.83. The lowest BCUT2D eigenvalue weighted by atomic mass is 10.1. The number of carbonyl (C=O) groups is 1. The van der Waals surface area contributed by atoms with Crippen LogP contribution in [0, 0.1) is 0 Å². The molecule has 172 valence electrons. The Morgan fingerprint density at radius 2 is 1.76 bits per heavy atom. The van der Waals surface area contributed by atoms with E-state index in [-0.39, 0.29) is 5.56 Å². The van der Waals surface area contributed by atoms with E-state index in [4.69, 9.17) is 5.11 Å². The second-order valence-electron chi connectivity index (χ2n) is 7.19. The standard InChI is InChI=1S/C24H16BrF3N4O2/c25-19-2-1-3-20(12-19)30-29-13-17-14-32(21-10-8-18(9-11-21)24(26,27)28)31-22(17)15-4-6-16(7-5-15)23(33)34/h1-14,30H,(H,33,34)/b29-13+. The highest BCUT2D eigenvalue weighted by molar-refractivity contribution is 9.10. The first-order valence-corrected chi connectivity index (χ1v) is 10.7. The molecule has 0 amide bonds. The number of nitrogens with one attached hydrogen (secondary N) is 1. The Morgan fingerprint density at radius 1 is 1.06 bits per heavy atom. The fourth-order valence-electron chi connectivity index (χ4n) is 3.15. The molecular weight excluding hydrogens is 513 g/mol. The van der Waals surface area contributed by atoms with Crippen LogP contribution in [0.5, 0.6) is 0 Å². The molecule has 0 atom stereocenters. The van der Waals surface area contributed by atoms with Crippen molar-refractivity contribution in [2.45, 2.75) is 6.18 Å². The van der Waals surface area contributed by atoms with Gasteiger partial charge < -0.3 is 5.11 Å². The number of aromatic carboxylic acids is 1. The van der Waals surface area contributed by atoms with Crippen molar-refractivity contribution in [3.8, 4) is 16.9 Å². The molecule has 3 aromatic carbocycles. The normalized spacial score (nSPS) is 11.6. The van der Waals surface area contributed by atoms with Crippen LogP contribution in [-0.4, -0.2) is 27.1 Å². The summed E-state index contributed by atoms with van der Waals surface area (Å²) in [6.07, 6.45) is -1.26. The van der Waals surface area contributed by atoms with Crippen LogP contribution in [0.25, 0.3) is 16.9 Å². The maximum atomic E-state index is 12.9. The van der Waals surface area contributed by atoms with Crippen LogP contribution in [0.4, 0.5) is 18.9 Å². The number of hydrazone groups is 1. The van der Waals surface area contributed by atoms with Crippen molar-refractivity contribution in [1.82, 2.24) is 9.78 Å². The molecule has 34 heavy (non-hydrogen) atoms. The summed E-state index contributed by atoms with van der Waals surface area (Å²) in [5.41, 5.74) is 5.13. The quantitative estimate of drug-likeness (QED) is 0.222. The van der Waals surface area contributed by atoms with Gasteiger partial charge in [0.1, 0.15) is 5.69 Å². The summed E-state index contributed by atoms with van der Waals surface area (Å²) in [6, 6.07) is 18.2. The van der Waals surface area contributed by atoms with Crippen LogP contribution >= 0.6 is 15.9 Å². The van der Waals surface area contributed by atoms with Crippen LogP contribution in [0.1, 0.15) is 21.5 Å². The smallest absolute Gasteiger partial charge is 0.416 e. The summed E-state index contributed by atoms with van der Waals surface area (Å²) < 4.78 is 41.1. The number of carboxylic acid groups (broad SMARTS) is 1. The van der Waals surface area contributed by atoms with Crippen molar-refractivity contribution in [3.05, 3.63) is 100 Å². The van der Waals surface area contributed by atoms with Gasteiger partial charge in [-0.1, -0.05) is 34.1 Å². The molecule has 0 saturated carbocycles. The first-order valence-electron chi connectivity index (χ1n) is 9.86. The number of rotatable bonds is 6. The van der Waals surface area contributed by atoms with E-state index in [1.165, 1.54) is 35.2 Å². The molecule has 1 aromatic heterocycles. The minimum atomic E-state index is -4.43. The fourth-order valence-corrected chi connectivity index (χ4v) is 3.55. The fraction of sp³-hybridized carbons (Fsp3) is 0.0417. The largest absolute Gasteiger partial charge is 0.478 e. The van der Waals surface area contributed by atoms with E-state index < -0.39 is 17.7 Å². The molecule has 2 N–H and O–H groups in total. The second-order valence-corrected chi connectivity index (χ2v) is 8.10. The maximum absolute atomic E-state index is 12.9. The summed E-state index contributed by atoms with van der Waals surface area (Å²) in [5.74, 6) is -1.05. The molecule has 4 aromatic rings. The van der Waals surface area contributed by atoms with Crippen LogP contribution in [0.15, 0.2) is 88.6 Å². The molecule has 0 aliphatic rings. The highest BCUT2D eigenvalue weighted by atomic mass is 79.9. The summed E-state index contributed by atoms with van der Waals surface area (Å²) in [7, 11) is 0. The molecule has 0 unspecified atom stereocenters. The van der Waals surface area contributed by atoms with Crippen molar-refractivity contribution in [1.29, 1.82) is 0 Å². The number of anilines is 1. The van der Waals surface area contributed by atoms with E-state index in [0.717, 1.165) is 22.3 Å². The third-order valence-corrected chi connectivity index (χ3v) is 5.32. The number of nitrogens with zero attached hydrogens (tertiary/aromatic N) is 3. The Bertz CT molecular complexity index is 1350. The Hall–Kier alpha value is -3.92. The predicted octanol–water partition coefficient (Wildman–Crippen LogP) is 6.46. The molecule has 0 bridgehead atoms. The molecular formula is C24H16BrF3N4O2. The predicted molar refractivity (Wildman–Crippen MR) is 126 cm³/mol. The van der Waals surface area contributed by atoms with Gasteiger partial charge in [0.15, 0.2) is 0 Å². The Balaban J connectivity index is 1.70. The minimum absolute atomic E-state index is 0.123. The molecule has 10 heteroatoms. The summed E-state index contributed by atoms with van der Waals surface area (Å²) in [4.78, 5) is 11.2. The van der Waals surface area contributed by atoms with Crippen LogP contribution < -0.4 is 5.43 Å². The highest BCUT2D eigenvalue weighted by Gasteiger charge is 2.30. The Labute approximate surface area is 200 Å². The molecule has 4 rings (SSSR count). The van der Waals surface area contributed by atoms with Gasteiger partial charge in [0.05, 0.1) is 28.7 Å². The Morgan fingerprint density at radius 3 is 2.38 bits per heavy atom. The van der Waals surface area contributed by atoms with Crippen LogP contribution in [-0.2, 0) is 6.18 Å². The molecule has 0 radical (unpaired) electrons. The maximum Gasteiger partial charge on any atom is 0.416 e. The molecule has 6 nitrogen and oxygen atoms in total. The summed E-state index contributed by atoms with van der Waals surface area (Å²) in [6.45, 7) is 0. The number of hydrogen-bond acceptors (Lipinski definition) is 4. The van der Waals surface area contributed by atoms with Crippen molar-refractivity contribution >= 4 is 33.8 Å². The zero-order valence-corrected chi connectivity index (χ0v) is 18.9. The molecule has 0 saturated heterocycles. The molecule has 0 aliphatic heterocycles. The van der Waals surface area contributed by atoms with Gasteiger partial charge in [0, 0.05) is 21.8 Å². The van der Waals surface area contributed by atoms with Gasteiger partial charge in [0.25, 0.3) is 0 Å². The highest BCUT2D eigenvalue weighted by Crippen LogP contribution is 2.30. The van der Waals surface area contributed by atoms with Gasteiger partial charge in [-0.3, -0.25) is 5.43 Å². The van der Waals surface area contributed by atoms with Gasteiger partial charge in [0.2, 0.25) is 0 Å². The number of benzene rings is 3. The summed E-state index contributed by atoms with van der Waals surface area (Å²) >= 11 is 3.39. The van der Waals surface area contributed by atoms with Gasteiger partial charge >= 0.3 is 12.1 Å². The topological polar surface area (TPSA) is 79.5 Å². The first-order chi connectivity index (χ1) is 16.2. The molecule has 0 aliphatic carbocycles. The number of hydrogen-bond donors (Lipinski definition) is 2. The minimum Gasteiger partial charge on any atom is -0.478 e. The van der Waals surface area contributed by atoms with E-state index >= 15 is 0 Å². The van der Waals surface area contributed by atoms with Crippen molar-refractivity contribution in [2.75, 3.05) is 5.43 Å². The van der Waals surface area contributed by atoms with Gasteiger partial charge in [-0.25, -0.2) is 9.48 Å². The van der Waals surface area contributed by atoms with Crippen LogP contribution in [0.2, 0.25) is 0 Å². The van der Waals surface area contributed by atoms with E-state index in [0.29, 0.717) is 22.5 Å². The van der Waals surface area contributed by atoms with Crippen LogP contribution in [0.3, 0.4) is 0 Å². The lowest BCUT2D eigenvalue weighted by Gasteiger charge is -2.07. The number of aromatic nitrogens is 2. The number of halogens is 4. The second kappa shape index (κ2) is 9.52. The monoisotopic (exact) mass is 528 g/mol. The van der Waals surface area contributed by atoms with E-state index in [1.54, 1.807) is 18.3 Å². The zero-order chi connectivity index (χ0) is 24.3. The van der Waals surface area contributed by atoms with Crippen molar-refractivity contribution in [2.24, 2.45) is 5.10 Å². The average molecular weight is 529 g/mol. The molecule has 0 fully saturated rings. The lowest BCUT2D eigenvalue weighted by Crippen LogP contribution is -2.05. The van der Waals surface area contributed by atoms with E-state index in [9.17, 15) is 18.0 Å². The number of carboxylic acids is 1. The first kappa shape index (κ1) is 23.2. The van der Waals surface area contributed by atoms with E-state index in [1.807, 2.05) is 24.3 Å². The molecule has 1 heterocycles. The van der Waals surface area contributed by atoms with Gasteiger partial charge in [-0.15, -0.1) is 0 Å². The SMILES string of the molecule is O=C(O)c1ccc(-c2nn(-c3ccc(C(F)(F)F)cc3)cc2/C=N/Nc2cccc(Br)c2)cc1. The Kier molecular flexibility index (Phi) is 6.51. The van der Waals surface area contributed by atoms with Crippen molar-refractivity contribution < 1.29 is 23.1 Å². The zero-order valence-electron chi connectivity index (χ0n) is 17.3. The van der Waals surface area contributed by atoms with Crippen molar-refractivity contribution in [3.63, 3.8) is 0 Å². The average Bonchev–Trinajstić information content (AvgIpc) is 3.23. The van der Waals surface area contributed by atoms with Gasteiger partial charge in [-0.2, -0.15) is 23.4 Å². The number of alkyl halides is 3. The molecule has 0 spiro atoms. The van der Waals surface area contributed by atoms with Gasteiger partial charge in [-0.05, 0) is 54.6 Å². The summed E-state index contributed by atoms with van der Waals surface area (Å²) in [5, 5.41) is 17.9. The van der Waals surface area contributed by atoms with E-state index in [2.05, 4.69) is 31.6 Å². The third kappa shape index (κ3) is 5.34.